The molecule has 0 radical (unpaired) electrons. The maximum absolute atomic E-state index is 13.4. The van der Waals surface area contributed by atoms with Gasteiger partial charge in [0.15, 0.2) is 11.6 Å². The molecule has 2 N–H and O–H groups in total. The molecule has 1 aromatic rings. The van der Waals surface area contributed by atoms with Gasteiger partial charge in [-0.15, -0.1) is 0 Å². The molecular weight excluding hydrogens is 273 g/mol. The Labute approximate surface area is 117 Å². The summed E-state index contributed by atoms with van der Waals surface area (Å²) in [5.74, 6) is -0.344. The van der Waals surface area contributed by atoms with E-state index >= 15 is 0 Å². The largest absolute Gasteiger partial charge is 0.489 e. The summed E-state index contributed by atoms with van der Waals surface area (Å²) in [6.07, 6.45) is 1.52. The van der Waals surface area contributed by atoms with E-state index in [-0.39, 0.29) is 16.2 Å². The van der Waals surface area contributed by atoms with Crippen molar-refractivity contribution in [1.29, 1.82) is 0 Å². The van der Waals surface area contributed by atoms with Gasteiger partial charge in [0.05, 0.1) is 16.6 Å². The predicted molar refractivity (Wildman–Crippen MR) is 76.7 cm³/mol. The maximum Gasteiger partial charge on any atom is 0.173 e. The lowest BCUT2D eigenvalue weighted by Crippen LogP contribution is -2.30. The first-order valence-corrected chi connectivity index (χ1v) is 6.50. The first-order chi connectivity index (χ1) is 8.34. The van der Waals surface area contributed by atoms with Crippen LogP contribution in [0.25, 0.3) is 0 Å². The fraction of sp³-hybridized carbons (Fsp3) is 0.462. The summed E-state index contributed by atoms with van der Waals surface area (Å²) in [5.41, 5.74) is 5.41. The van der Waals surface area contributed by atoms with E-state index in [4.69, 9.17) is 34.3 Å². The van der Waals surface area contributed by atoms with E-state index in [2.05, 4.69) is 0 Å². The molecule has 0 atom stereocenters. The lowest BCUT2D eigenvalue weighted by molar-refractivity contribution is 0.276. The smallest absolute Gasteiger partial charge is 0.173 e. The van der Waals surface area contributed by atoms with Gasteiger partial charge in [0.25, 0.3) is 0 Å². The van der Waals surface area contributed by atoms with E-state index in [0.29, 0.717) is 11.6 Å². The van der Waals surface area contributed by atoms with Crippen LogP contribution in [-0.2, 0) is 0 Å². The lowest BCUT2D eigenvalue weighted by atomic mass is 9.88. The molecule has 1 rings (SSSR count). The number of thiocarbonyl (C=S) groups is 1. The molecule has 0 aliphatic carbocycles. The summed E-state index contributed by atoms with van der Waals surface area (Å²) in [6, 6.07) is 4.46. The normalized spacial score (nSPS) is 11.3. The van der Waals surface area contributed by atoms with Gasteiger partial charge in [-0.05, 0) is 25.0 Å². The monoisotopic (exact) mass is 289 g/mol. The second-order valence-corrected chi connectivity index (χ2v) is 5.60. The fourth-order valence-corrected chi connectivity index (χ4v) is 1.75. The van der Waals surface area contributed by atoms with E-state index in [1.54, 1.807) is 12.1 Å². The van der Waals surface area contributed by atoms with Gasteiger partial charge in [-0.2, -0.15) is 0 Å². The molecule has 0 aliphatic rings. The van der Waals surface area contributed by atoms with Gasteiger partial charge < -0.3 is 10.5 Å². The highest BCUT2D eigenvalue weighted by Gasteiger charge is 2.20. The molecule has 0 fully saturated rings. The van der Waals surface area contributed by atoms with Crippen LogP contribution < -0.4 is 10.5 Å². The number of hydrogen-bond donors (Lipinski definition) is 1. The molecule has 100 valence electrons. The molecule has 0 aromatic heterocycles. The molecule has 0 spiro atoms. The first-order valence-electron chi connectivity index (χ1n) is 5.71. The van der Waals surface area contributed by atoms with Gasteiger partial charge in [0, 0.05) is 5.41 Å². The van der Waals surface area contributed by atoms with Crippen LogP contribution in [0.2, 0.25) is 5.02 Å². The van der Waals surface area contributed by atoms with Crippen LogP contribution in [-0.4, -0.2) is 11.6 Å². The summed E-state index contributed by atoms with van der Waals surface area (Å²) < 4.78 is 18.7. The predicted octanol–water partition coefficient (Wildman–Crippen LogP) is 3.95. The first kappa shape index (κ1) is 15.2. The molecule has 0 heterocycles. The molecule has 18 heavy (non-hydrogen) atoms. The lowest BCUT2D eigenvalue weighted by Gasteiger charge is -2.22. The molecular formula is C13H17ClFNOS. The van der Waals surface area contributed by atoms with Crippen molar-refractivity contribution in [2.45, 2.75) is 26.7 Å². The number of hydrogen-bond acceptors (Lipinski definition) is 2. The van der Waals surface area contributed by atoms with Crippen LogP contribution in [0.3, 0.4) is 0 Å². The second kappa shape index (κ2) is 6.34. The standard InChI is InChI=1S/C13H17ClFNOS/c1-13(2,12(16)18)7-4-8-17-11-9(14)5-3-6-10(11)15/h3,5-6H,4,7-8H2,1-2H3,(H2,16,18). The minimum Gasteiger partial charge on any atom is -0.489 e. The Hall–Kier alpha value is -0.870. The van der Waals surface area contributed by atoms with Crippen molar-refractivity contribution >= 4 is 28.8 Å². The highest BCUT2D eigenvalue weighted by Crippen LogP contribution is 2.28. The highest BCUT2D eigenvalue weighted by molar-refractivity contribution is 7.80. The van der Waals surface area contributed by atoms with Gasteiger partial charge in [-0.3, -0.25) is 0 Å². The Morgan fingerprint density at radius 2 is 2.17 bits per heavy atom. The van der Waals surface area contributed by atoms with E-state index in [9.17, 15) is 4.39 Å². The molecule has 0 unspecified atom stereocenters. The van der Waals surface area contributed by atoms with Crippen molar-refractivity contribution in [1.82, 2.24) is 0 Å². The quantitative estimate of drug-likeness (QED) is 0.636. The van der Waals surface area contributed by atoms with Gasteiger partial charge in [0.1, 0.15) is 0 Å². The zero-order chi connectivity index (χ0) is 13.8. The summed E-state index contributed by atoms with van der Waals surface area (Å²) in [6.45, 7) is 4.34. The van der Waals surface area contributed by atoms with Crippen LogP contribution in [0.15, 0.2) is 18.2 Å². The third kappa shape index (κ3) is 4.10. The number of nitrogens with two attached hydrogens (primary N) is 1. The van der Waals surface area contributed by atoms with E-state index in [1.165, 1.54) is 6.07 Å². The maximum atomic E-state index is 13.4. The zero-order valence-corrected chi connectivity index (χ0v) is 12.1. The van der Waals surface area contributed by atoms with Crippen LogP contribution in [0, 0.1) is 11.2 Å². The summed E-state index contributed by atoms with van der Waals surface area (Å²) in [5, 5.41) is 0.281. The summed E-state index contributed by atoms with van der Waals surface area (Å²) in [4.78, 5) is 0.478. The minimum absolute atomic E-state index is 0.104. The van der Waals surface area contributed by atoms with Gasteiger partial charge in [-0.25, -0.2) is 4.39 Å². The van der Waals surface area contributed by atoms with Gasteiger partial charge in [-0.1, -0.05) is 43.7 Å². The Morgan fingerprint density at radius 3 is 2.72 bits per heavy atom. The van der Waals surface area contributed by atoms with Gasteiger partial charge in [0.2, 0.25) is 0 Å². The van der Waals surface area contributed by atoms with Crippen molar-refractivity contribution < 1.29 is 9.13 Å². The van der Waals surface area contributed by atoms with Gasteiger partial charge >= 0.3 is 0 Å². The number of para-hydroxylation sites is 1. The van der Waals surface area contributed by atoms with Crippen molar-refractivity contribution in [2.75, 3.05) is 6.61 Å². The average molecular weight is 290 g/mol. The van der Waals surface area contributed by atoms with Crippen LogP contribution in [0.5, 0.6) is 5.75 Å². The molecule has 2 nitrogen and oxygen atoms in total. The van der Waals surface area contributed by atoms with Crippen molar-refractivity contribution in [3.8, 4) is 5.75 Å². The molecule has 0 saturated carbocycles. The molecule has 0 saturated heterocycles. The van der Waals surface area contributed by atoms with E-state index < -0.39 is 5.82 Å². The van der Waals surface area contributed by atoms with E-state index in [1.807, 2.05) is 13.8 Å². The number of halogens is 2. The number of ether oxygens (including phenoxy) is 1. The molecule has 1 aromatic carbocycles. The van der Waals surface area contributed by atoms with Crippen LogP contribution >= 0.6 is 23.8 Å². The zero-order valence-electron chi connectivity index (χ0n) is 10.5. The second-order valence-electron chi connectivity index (χ2n) is 4.75. The summed E-state index contributed by atoms with van der Waals surface area (Å²) in [7, 11) is 0. The van der Waals surface area contributed by atoms with Crippen LogP contribution in [0.4, 0.5) is 4.39 Å². The Kier molecular flexibility index (Phi) is 5.35. The third-order valence-electron chi connectivity index (χ3n) is 2.78. The Morgan fingerprint density at radius 1 is 1.50 bits per heavy atom. The SMILES string of the molecule is CC(C)(CCCOc1c(F)cccc1Cl)C(N)=S. The Balaban J connectivity index is 2.46. The molecule has 0 amide bonds. The summed E-state index contributed by atoms with van der Waals surface area (Å²) >= 11 is 10.8. The number of rotatable bonds is 6. The van der Waals surface area contributed by atoms with Crippen LogP contribution in [0.1, 0.15) is 26.7 Å². The Bertz CT molecular complexity index is 417. The van der Waals surface area contributed by atoms with Crippen molar-refractivity contribution in [2.24, 2.45) is 11.1 Å². The topological polar surface area (TPSA) is 35.2 Å². The average Bonchev–Trinajstić information content (AvgIpc) is 2.27. The van der Waals surface area contributed by atoms with Crippen molar-refractivity contribution in [3.05, 3.63) is 29.0 Å². The molecule has 0 bridgehead atoms. The van der Waals surface area contributed by atoms with Crippen molar-refractivity contribution in [3.63, 3.8) is 0 Å². The minimum atomic E-state index is -0.448. The number of benzene rings is 1. The molecule has 5 heteroatoms. The van der Waals surface area contributed by atoms with E-state index in [0.717, 1.165) is 12.8 Å². The molecule has 0 aliphatic heterocycles. The fourth-order valence-electron chi connectivity index (χ4n) is 1.43. The third-order valence-corrected chi connectivity index (χ3v) is 3.63. The highest BCUT2D eigenvalue weighted by atomic mass is 35.5.